The highest BCUT2D eigenvalue weighted by atomic mass is 79.9. The topological polar surface area (TPSA) is 166 Å². The summed E-state index contributed by atoms with van der Waals surface area (Å²) in [5.74, 6) is 1.35. The lowest BCUT2D eigenvalue weighted by Crippen LogP contribution is -2.41. The van der Waals surface area contributed by atoms with Gasteiger partial charge in [0.25, 0.3) is 0 Å². The zero-order valence-corrected chi connectivity index (χ0v) is 60.0. The molecule has 10 heterocycles. The van der Waals surface area contributed by atoms with E-state index >= 15 is 0 Å². The van der Waals surface area contributed by atoms with Crippen LogP contribution >= 0.6 is 15.9 Å². The maximum Gasteiger partial charge on any atom is 0.494 e. The number of nitrogens with zero attached hydrogens (tertiary/aromatic N) is 10. The molecule has 0 saturated carbocycles. The summed E-state index contributed by atoms with van der Waals surface area (Å²) in [6.07, 6.45) is 10.7. The van der Waals surface area contributed by atoms with Gasteiger partial charge in [0, 0.05) is 98.4 Å². The van der Waals surface area contributed by atoms with E-state index in [0.717, 1.165) is 128 Å². The molecule has 14 nitrogen and oxygen atoms in total. The molecule has 0 spiro atoms. The second kappa shape index (κ2) is 29.8. The van der Waals surface area contributed by atoms with E-state index in [1.54, 1.807) is 37.2 Å². The van der Waals surface area contributed by atoms with Gasteiger partial charge in [0.05, 0.1) is 73.6 Å². The number of hydrogen-bond donors (Lipinski definition) is 0. The van der Waals surface area contributed by atoms with E-state index < -0.39 is 14.2 Å². The van der Waals surface area contributed by atoms with E-state index in [0.29, 0.717) is 11.6 Å². The molecular weight excluding hydrogens is 1340 g/mol. The molecular formula is C86H73B2BrN10O4. The van der Waals surface area contributed by atoms with Crippen LogP contribution in [0.4, 0.5) is 0 Å². The minimum absolute atomic E-state index is 0.388. The molecule has 14 aromatic rings. The quantitative estimate of drug-likeness (QED) is 0.0790. The van der Waals surface area contributed by atoms with Gasteiger partial charge in [0.1, 0.15) is 4.60 Å². The fraction of sp³-hybridized carbons (Fsp3) is 0.140. The molecule has 0 N–H and O–H groups in total. The lowest BCUT2D eigenvalue weighted by molar-refractivity contribution is 0.00578. The van der Waals surface area contributed by atoms with Gasteiger partial charge in [-0.2, -0.15) is 0 Å². The molecule has 0 amide bonds. The van der Waals surface area contributed by atoms with Gasteiger partial charge in [0.2, 0.25) is 0 Å². The molecule has 0 atom stereocenters. The average molecular weight is 1410 g/mol. The zero-order valence-electron chi connectivity index (χ0n) is 58.4. The first-order chi connectivity index (χ1) is 49.9. The van der Waals surface area contributed by atoms with Crippen molar-refractivity contribution in [2.45, 2.75) is 77.8 Å². The molecule has 0 radical (unpaired) electrons. The van der Waals surface area contributed by atoms with Gasteiger partial charge in [-0.25, -0.2) is 34.9 Å². The van der Waals surface area contributed by atoms with Gasteiger partial charge in [0.15, 0.2) is 11.6 Å². The van der Waals surface area contributed by atoms with Crippen molar-refractivity contribution in [1.82, 2.24) is 49.8 Å². The monoisotopic (exact) mass is 1410 g/mol. The van der Waals surface area contributed by atoms with Crippen LogP contribution < -0.4 is 10.9 Å². The highest BCUT2D eigenvalue weighted by Crippen LogP contribution is 2.39. The van der Waals surface area contributed by atoms with Crippen LogP contribution in [0.15, 0.2) is 303 Å². The van der Waals surface area contributed by atoms with Gasteiger partial charge in [-0.15, -0.1) is 0 Å². The number of halogens is 1. The van der Waals surface area contributed by atoms with Crippen molar-refractivity contribution in [3.05, 3.63) is 303 Å². The van der Waals surface area contributed by atoms with Crippen molar-refractivity contribution in [3.8, 4) is 124 Å². The minimum atomic E-state index is -0.410. The lowest BCUT2D eigenvalue weighted by atomic mass is 9.78. The van der Waals surface area contributed by atoms with Crippen molar-refractivity contribution in [2.24, 2.45) is 0 Å². The molecule has 0 unspecified atom stereocenters. The standard InChI is InChI=1S/C42H28N6.C34H38B2N2O4.C10H7BrN2/c1-2-6-35(7-3-1)42-47-40(31-16-12-29(13-17-31)36-8-4-10-38(45-36)33-20-24-43-25-21-33)28-41(48-42)32-18-14-30(15-19-32)37-9-5-11-39(46-37)34-22-26-44-27-23-34;1-31(2)32(3,4)40-35(39-31)26-18-14-23(15-19-26)28-22-29(38-30(37-28)25-12-10-9-11-13-25)24-16-20-27(21-17-24)36-41-33(5,6)34(7,8)42-36;11-10-3-1-2-9(13-10)8-4-6-12-7-5-8/h1-28H;9-22H,1-8H3;1-7H. The zero-order chi connectivity index (χ0) is 71.1. The number of pyridine rings is 6. The van der Waals surface area contributed by atoms with Crippen molar-refractivity contribution in [3.63, 3.8) is 0 Å². The summed E-state index contributed by atoms with van der Waals surface area (Å²) in [6, 6.07) is 87.3. The van der Waals surface area contributed by atoms with Gasteiger partial charge in [-0.3, -0.25) is 15.0 Å². The largest absolute Gasteiger partial charge is 0.494 e. The van der Waals surface area contributed by atoms with Crippen LogP contribution in [0.25, 0.3) is 124 Å². The molecule has 17 heteroatoms. The highest BCUT2D eigenvalue weighted by Gasteiger charge is 2.53. The van der Waals surface area contributed by atoms with Gasteiger partial charge >= 0.3 is 14.2 Å². The second-order valence-electron chi connectivity index (χ2n) is 27.1. The van der Waals surface area contributed by atoms with Crippen molar-refractivity contribution in [2.75, 3.05) is 0 Å². The first-order valence-corrected chi connectivity index (χ1v) is 35.0. The van der Waals surface area contributed by atoms with Crippen LogP contribution in [-0.2, 0) is 18.6 Å². The smallest absolute Gasteiger partial charge is 0.399 e. The number of rotatable bonds is 13. The minimum Gasteiger partial charge on any atom is -0.399 e. The number of aromatic nitrogens is 10. The van der Waals surface area contributed by atoms with Crippen LogP contribution in [-0.4, -0.2) is 86.5 Å². The fourth-order valence-corrected chi connectivity index (χ4v) is 12.1. The van der Waals surface area contributed by atoms with E-state index in [1.165, 1.54) is 0 Å². The van der Waals surface area contributed by atoms with Crippen LogP contribution in [0.1, 0.15) is 55.4 Å². The third-order valence-electron chi connectivity index (χ3n) is 19.1. The third kappa shape index (κ3) is 15.8. The number of benzene rings is 6. The highest BCUT2D eigenvalue weighted by molar-refractivity contribution is 9.10. The van der Waals surface area contributed by atoms with E-state index in [2.05, 4.69) is 194 Å². The van der Waals surface area contributed by atoms with E-state index in [4.69, 9.17) is 48.5 Å². The van der Waals surface area contributed by atoms with Gasteiger partial charge in [-0.05, 0) is 167 Å². The molecule has 0 aliphatic carbocycles. The predicted octanol–water partition coefficient (Wildman–Crippen LogP) is 18.7. The Morgan fingerprint density at radius 1 is 0.233 bits per heavy atom. The Bertz CT molecular complexity index is 4950. The molecule has 2 fully saturated rings. The Morgan fingerprint density at radius 3 is 0.757 bits per heavy atom. The summed E-state index contributed by atoms with van der Waals surface area (Å²) in [6.45, 7) is 16.5. The van der Waals surface area contributed by atoms with Crippen LogP contribution in [0.5, 0.6) is 0 Å². The summed E-state index contributed by atoms with van der Waals surface area (Å²) >= 11 is 3.33. The SMILES string of the molecule is Brc1cccc(-c2ccncc2)n1.CC1(C)OB(c2ccc(-c3cc(-c4ccc(B5OC(C)(C)C(C)(C)O5)cc4)nc(-c4ccccc4)n3)cc2)OC1(C)C.c1ccc(-c2nc(-c3ccc(-c4cccc(-c5ccncc5)n4)cc3)cc(-c3ccc(-c4cccc(-c5ccncc5)n4)cc3)n2)cc1. The summed E-state index contributed by atoms with van der Waals surface area (Å²) in [7, 11) is -0.820. The van der Waals surface area contributed by atoms with Gasteiger partial charge < -0.3 is 18.6 Å². The van der Waals surface area contributed by atoms with Gasteiger partial charge in [-0.1, -0.05) is 176 Å². The van der Waals surface area contributed by atoms with Crippen molar-refractivity contribution < 1.29 is 18.6 Å². The van der Waals surface area contributed by atoms with Crippen molar-refractivity contribution >= 4 is 41.1 Å². The first-order valence-electron chi connectivity index (χ1n) is 34.2. The van der Waals surface area contributed by atoms with E-state index in [9.17, 15) is 0 Å². The second-order valence-corrected chi connectivity index (χ2v) is 27.9. The maximum absolute atomic E-state index is 6.25. The summed E-state index contributed by atoms with van der Waals surface area (Å²) in [5.41, 5.74) is 19.5. The summed E-state index contributed by atoms with van der Waals surface area (Å²) in [4.78, 5) is 46.3. The Hall–Kier alpha value is -11.2. The van der Waals surface area contributed by atoms with E-state index in [1.807, 2.05) is 158 Å². The molecule has 504 valence electrons. The maximum atomic E-state index is 6.25. The third-order valence-corrected chi connectivity index (χ3v) is 19.5. The predicted molar refractivity (Wildman–Crippen MR) is 416 cm³/mol. The Morgan fingerprint density at radius 2 is 0.476 bits per heavy atom. The lowest BCUT2D eigenvalue weighted by Gasteiger charge is -2.32. The normalized spacial score (nSPS) is 14.6. The van der Waals surface area contributed by atoms with Crippen LogP contribution in [0.3, 0.4) is 0 Å². The summed E-state index contributed by atoms with van der Waals surface area (Å²) < 4.78 is 25.9. The molecule has 2 aliphatic rings. The van der Waals surface area contributed by atoms with Crippen LogP contribution in [0, 0.1) is 0 Å². The fourth-order valence-electron chi connectivity index (χ4n) is 11.8. The number of hydrogen-bond acceptors (Lipinski definition) is 14. The molecule has 0 bridgehead atoms. The van der Waals surface area contributed by atoms with E-state index in [-0.39, 0.29) is 22.4 Å². The average Bonchev–Trinajstić information content (AvgIpc) is 1.68. The van der Waals surface area contributed by atoms with Crippen LogP contribution in [0.2, 0.25) is 0 Å². The Labute approximate surface area is 610 Å². The molecule has 16 rings (SSSR count). The first kappa shape index (κ1) is 68.9. The Balaban J connectivity index is 0.000000149. The molecule has 6 aromatic carbocycles. The molecule has 2 aliphatic heterocycles. The molecule has 103 heavy (non-hydrogen) atoms. The molecule has 8 aromatic heterocycles. The Kier molecular flexibility index (Phi) is 19.9. The molecule has 2 saturated heterocycles. The van der Waals surface area contributed by atoms with Crippen molar-refractivity contribution in [1.29, 1.82) is 0 Å². The summed E-state index contributed by atoms with van der Waals surface area (Å²) in [5, 5.41) is 0.